The first kappa shape index (κ1) is 20.7. The van der Waals surface area contributed by atoms with Crippen molar-refractivity contribution in [2.75, 3.05) is 17.3 Å². The van der Waals surface area contributed by atoms with E-state index in [1.54, 1.807) is 30.0 Å². The van der Waals surface area contributed by atoms with Crippen LogP contribution in [0, 0.1) is 0 Å². The van der Waals surface area contributed by atoms with Crippen molar-refractivity contribution in [3.05, 3.63) is 66.0 Å². The van der Waals surface area contributed by atoms with Crippen molar-refractivity contribution >= 4 is 46.4 Å². The van der Waals surface area contributed by atoms with Crippen LogP contribution in [0.5, 0.6) is 0 Å². The number of thioether (sulfide) groups is 1. The van der Waals surface area contributed by atoms with Crippen LogP contribution in [0.2, 0.25) is 0 Å². The number of hydrogen-bond acceptors (Lipinski definition) is 4. The van der Waals surface area contributed by atoms with Gasteiger partial charge in [-0.1, -0.05) is 24.3 Å². The van der Waals surface area contributed by atoms with E-state index in [4.69, 9.17) is 0 Å². The van der Waals surface area contributed by atoms with Gasteiger partial charge in [-0.2, -0.15) is 11.8 Å². The van der Waals surface area contributed by atoms with Gasteiger partial charge in [0.25, 0.3) is 0 Å². The average Bonchev–Trinajstić information content (AvgIpc) is 3.14. The van der Waals surface area contributed by atoms with E-state index in [0.29, 0.717) is 0 Å². The molecule has 1 aromatic heterocycles. The molecule has 2 aromatic carbocycles. The number of H-pyrrole nitrogens is 1. The molecule has 0 fully saturated rings. The summed E-state index contributed by atoms with van der Waals surface area (Å²) in [6, 6.07) is 14.9. The van der Waals surface area contributed by atoms with Crippen molar-refractivity contribution in [2.45, 2.75) is 19.4 Å². The second-order valence-corrected chi connectivity index (χ2v) is 7.60. The van der Waals surface area contributed by atoms with E-state index in [9.17, 15) is 9.59 Å². The number of aromatic amines is 1. The van der Waals surface area contributed by atoms with Gasteiger partial charge in [-0.3, -0.25) is 9.59 Å². The molecule has 1 unspecified atom stereocenters. The molecule has 1 heterocycles. The van der Waals surface area contributed by atoms with E-state index >= 15 is 0 Å². The summed E-state index contributed by atoms with van der Waals surface area (Å²) in [7, 11) is 0. The summed E-state index contributed by atoms with van der Waals surface area (Å²) in [5, 5.41) is 5.76. The number of amides is 2. The predicted octanol–water partition coefficient (Wildman–Crippen LogP) is 4.15. The third kappa shape index (κ3) is 5.96. The number of rotatable bonds is 8. The number of carbonyl (C=O) groups excluding carboxylic acids is 2. The smallest absolute Gasteiger partial charge is 0.244 e. The number of para-hydroxylation sites is 2. The molecule has 0 spiro atoms. The first-order valence-corrected chi connectivity index (χ1v) is 10.7. The molecule has 0 aliphatic carbocycles. The Morgan fingerprint density at radius 3 is 2.62 bits per heavy atom. The average molecular weight is 409 g/mol. The van der Waals surface area contributed by atoms with Crippen molar-refractivity contribution in [2.24, 2.45) is 0 Å². The number of fused-ring (bicyclic) bond motifs is 1. The van der Waals surface area contributed by atoms with Crippen molar-refractivity contribution in [1.82, 2.24) is 15.3 Å². The Morgan fingerprint density at radius 1 is 1.17 bits per heavy atom. The third-order valence-electron chi connectivity index (χ3n) is 4.32. The van der Waals surface area contributed by atoms with Crippen LogP contribution in [0.4, 0.5) is 5.69 Å². The molecule has 150 valence electrons. The molecule has 0 saturated carbocycles. The van der Waals surface area contributed by atoms with Crippen LogP contribution in [0.15, 0.2) is 54.6 Å². The van der Waals surface area contributed by atoms with Gasteiger partial charge in [-0.15, -0.1) is 0 Å². The van der Waals surface area contributed by atoms with E-state index in [0.717, 1.165) is 40.3 Å². The van der Waals surface area contributed by atoms with Crippen LogP contribution in [0.3, 0.4) is 0 Å². The number of carbonyl (C=O) groups is 2. The molecule has 2 amide bonds. The summed E-state index contributed by atoms with van der Waals surface area (Å²) in [5.74, 6) is 1.38. The van der Waals surface area contributed by atoms with Gasteiger partial charge in [0.15, 0.2) is 0 Å². The summed E-state index contributed by atoms with van der Waals surface area (Å²) >= 11 is 1.73. The van der Waals surface area contributed by atoms with Gasteiger partial charge in [0.05, 0.1) is 17.1 Å². The molecule has 7 heteroatoms. The Bertz CT molecular complexity index is 978. The molecule has 6 nitrogen and oxygen atoms in total. The zero-order valence-corrected chi connectivity index (χ0v) is 17.3. The zero-order valence-electron chi connectivity index (χ0n) is 16.4. The Hall–Kier alpha value is -3.06. The predicted molar refractivity (Wildman–Crippen MR) is 120 cm³/mol. The number of nitrogens with one attached hydrogen (secondary N) is 3. The number of aromatic nitrogens is 2. The first-order chi connectivity index (χ1) is 14.0. The minimum atomic E-state index is -0.186. The van der Waals surface area contributed by atoms with Gasteiger partial charge >= 0.3 is 0 Å². The standard InChI is InChI=1S/C22H24N4O2S/c1-15(27)23-17-10-7-16(8-11-17)9-12-21(28)24-20(13-14-29-2)22-25-18-5-3-4-6-19(18)26-22/h3-12,20H,13-14H2,1-2H3,(H,23,27)(H,24,28)(H,25,26)/b12-9+. The van der Waals surface area contributed by atoms with E-state index in [2.05, 4.69) is 20.6 Å². The monoisotopic (exact) mass is 408 g/mol. The first-order valence-electron chi connectivity index (χ1n) is 9.35. The van der Waals surface area contributed by atoms with Crippen molar-refractivity contribution in [3.63, 3.8) is 0 Å². The fraction of sp³-hybridized carbons (Fsp3) is 0.227. The van der Waals surface area contributed by atoms with Gasteiger partial charge in [0.1, 0.15) is 5.82 Å². The Labute approximate surface area is 174 Å². The molecule has 1 atom stereocenters. The largest absolute Gasteiger partial charge is 0.343 e. The minimum absolute atomic E-state index is 0.116. The fourth-order valence-electron chi connectivity index (χ4n) is 2.92. The summed E-state index contributed by atoms with van der Waals surface area (Å²) < 4.78 is 0. The maximum absolute atomic E-state index is 12.5. The second-order valence-electron chi connectivity index (χ2n) is 6.62. The molecular weight excluding hydrogens is 384 g/mol. The highest BCUT2D eigenvalue weighted by Gasteiger charge is 2.17. The van der Waals surface area contributed by atoms with Crippen LogP contribution >= 0.6 is 11.8 Å². The number of anilines is 1. The molecule has 0 aliphatic heterocycles. The number of imidazole rings is 1. The highest BCUT2D eigenvalue weighted by molar-refractivity contribution is 7.98. The van der Waals surface area contributed by atoms with Gasteiger partial charge in [0.2, 0.25) is 11.8 Å². The van der Waals surface area contributed by atoms with E-state index < -0.39 is 0 Å². The lowest BCUT2D eigenvalue weighted by molar-refractivity contribution is -0.117. The number of nitrogens with zero attached hydrogens (tertiary/aromatic N) is 1. The molecular formula is C22H24N4O2S. The van der Waals surface area contributed by atoms with Crippen molar-refractivity contribution in [1.29, 1.82) is 0 Å². The van der Waals surface area contributed by atoms with Crippen molar-refractivity contribution in [3.8, 4) is 0 Å². The van der Waals surface area contributed by atoms with E-state index in [1.165, 1.54) is 13.0 Å². The molecule has 3 N–H and O–H groups in total. The lowest BCUT2D eigenvalue weighted by Crippen LogP contribution is -2.28. The zero-order chi connectivity index (χ0) is 20.6. The molecule has 3 rings (SSSR count). The lowest BCUT2D eigenvalue weighted by atomic mass is 10.1. The fourth-order valence-corrected chi connectivity index (χ4v) is 3.39. The molecule has 3 aromatic rings. The number of benzene rings is 2. The van der Waals surface area contributed by atoms with Crippen LogP contribution in [0.25, 0.3) is 17.1 Å². The second kappa shape index (κ2) is 9.93. The molecule has 0 saturated heterocycles. The third-order valence-corrected chi connectivity index (χ3v) is 4.97. The van der Waals surface area contributed by atoms with E-state index in [1.807, 2.05) is 42.7 Å². The van der Waals surface area contributed by atoms with Crippen LogP contribution < -0.4 is 10.6 Å². The Balaban J connectivity index is 1.67. The lowest BCUT2D eigenvalue weighted by Gasteiger charge is -2.15. The van der Waals surface area contributed by atoms with Gasteiger partial charge < -0.3 is 15.6 Å². The topological polar surface area (TPSA) is 86.9 Å². The summed E-state index contributed by atoms with van der Waals surface area (Å²) in [5.41, 5.74) is 3.45. The molecule has 0 radical (unpaired) electrons. The van der Waals surface area contributed by atoms with Gasteiger partial charge in [-0.05, 0) is 54.3 Å². The van der Waals surface area contributed by atoms with Crippen LogP contribution in [0.1, 0.15) is 30.8 Å². The molecule has 0 aliphatic rings. The maximum Gasteiger partial charge on any atom is 0.244 e. The summed E-state index contributed by atoms with van der Waals surface area (Å²) in [6.07, 6.45) is 6.09. The van der Waals surface area contributed by atoms with Gasteiger partial charge in [0, 0.05) is 18.7 Å². The highest BCUT2D eigenvalue weighted by atomic mass is 32.2. The molecule has 0 bridgehead atoms. The van der Waals surface area contributed by atoms with Crippen LogP contribution in [-0.2, 0) is 9.59 Å². The van der Waals surface area contributed by atoms with Crippen LogP contribution in [-0.4, -0.2) is 33.8 Å². The van der Waals surface area contributed by atoms with E-state index in [-0.39, 0.29) is 17.9 Å². The number of hydrogen-bond donors (Lipinski definition) is 3. The summed E-state index contributed by atoms with van der Waals surface area (Å²) in [4.78, 5) is 31.5. The SMILES string of the molecule is CSCCC(NC(=O)/C=C/c1ccc(NC(C)=O)cc1)c1nc2ccccc2[nH]1. The summed E-state index contributed by atoms with van der Waals surface area (Å²) in [6.45, 7) is 1.47. The quantitative estimate of drug-likeness (QED) is 0.489. The van der Waals surface area contributed by atoms with Crippen molar-refractivity contribution < 1.29 is 9.59 Å². The maximum atomic E-state index is 12.5. The minimum Gasteiger partial charge on any atom is -0.343 e. The Kier molecular flexibility index (Phi) is 7.08. The molecule has 29 heavy (non-hydrogen) atoms. The Morgan fingerprint density at radius 2 is 1.93 bits per heavy atom. The normalized spacial score (nSPS) is 12.2. The van der Waals surface area contributed by atoms with Gasteiger partial charge in [-0.25, -0.2) is 4.98 Å². The highest BCUT2D eigenvalue weighted by Crippen LogP contribution is 2.20.